The highest BCUT2D eigenvalue weighted by molar-refractivity contribution is 5.97. The lowest BCUT2D eigenvalue weighted by Gasteiger charge is -2.18. The maximum atomic E-state index is 13.6. The number of halogens is 4. The number of fused-ring (bicyclic) bond motifs is 5. The minimum atomic E-state index is -3.79. The number of nitrogens with zero attached hydrogens (tertiary/aromatic N) is 5. The van der Waals surface area contributed by atoms with Crippen LogP contribution in [0.25, 0.3) is 16.6 Å². The number of likely N-dealkylation sites (tertiary alicyclic amines) is 1. The van der Waals surface area contributed by atoms with Crippen LogP contribution in [0.4, 0.5) is 23.5 Å². The highest BCUT2D eigenvalue weighted by Gasteiger charge is 2.45. The van der Waals surface area contributed by atoms with E-state index in [2.05, 4.69) is 24.5 Å². The van der Waals surface area contributed by atoms with Gasteiger partial charge in [-0.15, -0.1) is 13.9 Å². The number of nitrogens with two attached hydrogens (primary N) is 1. The summed E-state index contributed by atoms with van der Waals surface area (Å²) in [6.45, 7) is 1.81. The van der Waals surface area contributed by atoms with Crippen molar-refractivity contribution in [2.75, 3.05) is 18.8 Å². The summed E-state index contributed by atoms with van der Waals surface area (Å²) in [5, 5.41) is 4.69. The van der Waals surface area contributed by atoms with Gasteiger partial charge in [-0.25, -0.2) is 18.7 Å². The first kappa shape index (κ1) is 18.2. The zero-order valence-corrected chi connectivity index (χ0v) is 15.2. The molecule has 12 heteroatoms. The van der Waals surface area contributed by atoms with Gasteiger partial charge in [0.1, 0.15) is 5.52 Å². The molecule has 0 saturated carbocycles. The Morgan fingerprint density at radius 1 is 1.21 bits per heavy atom. The molecule has 8 nitrogen and oxygen atoms in total. The summed E-state index contributed by atoms with van der Waals surface area (Å²) < 4.78 is 64.2. The van der Waals surface area contributed by atoms with Gasteiger partial charge >= 0.3 is 6.29 Å². The fourth-order valence-electron chi connectivity index (χ4n) is 3.87. The minimum absolute atomic E-state index is 0.0699. The molecule has 154 valence electrons. The van der Waals surface area contributed by atoms with E-state index in [0.717, 1.165) is 0 Å². The van der Waals surface area contributed by atoms with Crippen molar-refractivity contribution in [3.05, 3.63) is 18.0 Å². The molecular weight excluding hydrogens is 396 g/mol. The van der Waals surface area contributed by atoms with Gasteiger partial charge in [-0.2, -0.15) is 4.52 Å². The van der Waals surface area contributed by atoms with Crippen molar-refractivity contribution in [1.29, 1.82) is 0 Å². The van der Waals surface area contributed by atoms with Crippen LogP contribution in [0.5, 0.6) is 11.5 Å². The Labute approximate surface area is 161 Å². The van der Waals surface area contributed by atoms with Crippen LogP contribution in [0.2, 0.25) is 0 Å². The number of ether oxygens (including phenoxy) is 2. The second-order valence-corrected chi connectivity index (χ2v) is 7.32. The van der Waals surface area contributed by atoms with Crippen LogP contribution in [0.1, 0.15) is 19.2 Å². The van der Waals surface area contributed by atoms with Crippen molar-refractivity contribution in [3.8, 4) is 11.5 Å². The van der Waals surface area contributed by atoms with Crippen LogP contribution < -0.4 is 15.2 Å². The van der Waals surface area contributed by atoms with E-state index in [0.29, 0.717) is 29.8 Å². The fraction of sp³-hybridized carbons (Fsp3) is 0.471. The van der Waals surface area contributed by atoms with Gasteiger partial charge in [-0.05, 0) is 19.1 Å². The third-order valence-corrected chi connectivity index (χ3v) is 5.15. The van der Waals surface area contributed by atoms with Crippen LogP contribution >= 0.6 is 0 Å². The van der Waals surface area contributed by atoms with Gasteiger partial charge in [0.05, 0.1) is 6.54 Å². The minimum Gasteiger partial charge on any atom is -0.395 e. The Morgan fingerprint density at radius 3 is 2.72 bits per heavy atom. The first-order valence-electron chi connectivity index (χ1n) is 8.97. The van der Waals surface area contributed by atoms with Gasteiger partial charge < -0.3 is 15.2 Å². The average molecular weight is 412 g/mol. The molecule has 2 aromatic heterocycles. The summed E-state index contributed by atoms with van der Waals surface area (Å²) in [6.07, 6.45) is -3.64. The van der Waals surface area contributed by atoms with Crippen molar-refractivity contribution in [3.63, 3.8) is 0 Å². The third-order valence-electron chi connectivity index (χ3n) is 5.15. The first-order valence-corrected chi connectivity index (χ1v) is 8.97. The molecule has 2 aliphatic rings. The fourth-order valence-corrected chi connectivity index (χ4v) is 3.87. The molecule has 2 aliphatic heterocycles. The lowest BCUT2D eigenvalue weighted by Crippen LogP contribution is -2.31. The molecule has 3 aromatic rings. The monoisotopic (exact) mass is 412 g/mol. The lowest BCUT2D eigenvalue weighted by atomic mass is 10.2. The predicted octanol–water partition coefficient (Wildman–Crippen LogP) is 2.45. The number of alkyl halides is 4. The smallest absolute Gasteiger partial charge is 0.395 e. The number of nitrogen functional groups attached to an aromatic ring is 1. The van der Waals surface area contributed by atoms with E-state index in [9.17, 15) is 17.6 Å². The van der Waals surface area contributed by atoms with E-state index in [1.54, 1.807) is 11.8 Å². The van der Waals surface area contributed by atoms with Gasteiger partial charge in [0.25, 0.3) is 5.92 Å². The zero-order chi connectivity index (χ0) is 20.6. The van der Waals surface area contributed by atoms with E-state index in [1.165, 1.54) is 16.6 Å². The van der Waals surface area contributed by atoms with E-state index >= 15 is 0 Å². The Bertz CT molecular complexity index is 1130. The molecule has 1 atom stereocenters. The molecule has 2 N–H and O–H groups in total. The van der Waals surface area contributed by atoms with E-state index in [1.807, 2.05) is 0 Å². The van der Waals surface area contributed by atoms with Crippen LogP contribution in [0.15, 0.2) is 12.1 Å². The Kier molecular flexibility index (Phi) is 3.64. The molecule has 0 unspecified atom stereocenters. The van der Waals surface area contributed by atoms with Gasteiger partial charge in [-0.1, -0.05) is 0 Å². The summed E-state index contributed by atoms with van der Waals surface area (Å²) >= 11 is 0. The summed E-state index contributed by atoms with van der Waals surface area (Å²) in [7, 11) is 0. The largest absolute Gasteiger partial charge is 0.586 e. The van der Waals surface area contributed by atoms with Gasteiger partial charge in [0.2, 0.25) is 5.95 Å². The lowest BCUT2D eigenvalue weighted by molar-refractivity contribution is -0.286. The standard InChI is InChI=1S/C17H16F4N6O2/c1-8-6-16(18,19)7-26(8)5-4-11-23-14-9-2-3-10-13(29-17(20,21)28-10)12(9)24-15(22)27(14)25-11/h2-3,8H,4-7H2,1H3,(H2,22,24)/t8-/m1/s1. The third kappa shape index (κ3) is 2.98. The topological polar surface area (TPSA) is 90.8 Å². The molecule has 0 aliphatic carbocycles. The Balaban J connectivity index is 1.49. The number of hydrogen-bond donors (Lipinski definition) is 1. The van der Waals surface area contributed by atoms with Crippen molar-refractivity contribution >= 4 is 22.5 Å². The van der Waals surface area contributed by atoms with E-state index in [-0.39, 0.29) is 42.0 Å². The quantitative estimate of drug-likeness (QED) is 0.661. The number of hydrogen-bond acceptors (Lipinski definition) is 7. The molecule has 0 amide bonds. The molecule has 0 spiro atoms. The molecule has 1 aromatic carbocycles. The van der Waals surface area contributed by atoms with Crippen molar-refractivity contribution in [1.82, 2.24) is 24.5 Å². The Hall–Kier alpha value is -2.89. The average Bonchev–Trinajstić information content (AvgIpc) is 3.25. The predicted molar refractivity (Wildman–Crippen MR) is 93.2 cm³/mol. The van der Waals surface area contributed by atoms with Crippen molar-refractivity contribution in [2.45, 2.75) is 38.0 Å². The number of benzene rings is 1. The Morgan fingerprint density at radius 2 is 2.00 bits per heavy atom. The molecule has 0 bridgehead atoms. The number of rotatable bonds is 3. The molecule has 1 fully saturated rings. The van der Waals surface area contributed by atoms with Crippen LogP contribution in [0.3, 0.4) is 0 Å². The number of aromatic nitrogens is 4. The molecule has 1 saturated heterocycles. The van der Waals surface area contributed by atoms with Crippen LogP contribution in [0, 0.1) is 0 Å². The van der Waals surface area contributed by atoms with Gasteiger partial charge in [-0.3, -0.25) is 4.90 Å². The second-order valence-electron chi connectivity index (χ2n) is 7.32. The first-order chi connectivity index (χ1) is 13.6. The van der Waals surface area contributed by atoms with Gasteiger partial charge in [0, 0.05) is 30.8 Å². The second kappa shape index (κ2) is 5.81. The van der Waals surface area contributed by atoms with Crippen molar-refractivity contribution in [2.24, 2.45) is 0 Å². The normalized spacial score (nSPS) is 22.7. The molecule has 29 heavy (non-hydrogen) atoms. The van der Waals surface area contributed by atoms with Crippen molar-refractivity contribution < 1.29 is 27.0 Å². The zero-order valence-electron chi connectivity index (χ0n) is 15.2. The van der Waals surface area contributed by atoms with Crippen LogP contribution in [-0.4, -0.2) is 55.8 Å². The molecule has 4 heterocycles. The molecule has 0 radical (unpaired) electrons. The molecular formula is C17H16F4N6O2. The summed E-state index contributed by atoms with van der Waals surface area (Å²) in [4.78, 5) is 10.2. The maximum Gasteiger partial charge on any atom is 0.586 e. The van der Waals surface area contributed by atoms with Gasteiger partial charge in [0.15, 0.2) is 23.0 Å². The SMILES string of the molecule is C[C@@H]1CC(F)(F)CN1CCc1nc2c3ccc4c(c3nc(N)n2n1)OC(F)(F)O4. The maximum absolute atomic E-state index is 13.6. The highest BCUT2D eigenvalue weighted by Crippen LogP contribution is 2.45. The molecule has 5 rings (SSSR count). The summed E-state index contributed by atoms with van der Waals surface area (Å²) in [6, 6.07) is 2.61. The van der Waals surface area contributed by atoms with E-state index < -0.39 is 12.2 Å². The van der Waals surface area contributed by atoms with E-state index in [4.69, 9.17) is 5.73 Å². The van der Waals surface area contributed by atoms with Crippen LogP contribution in [-0.2, 0) is 6.42 Å². The highest BCUT2D eigenvalue weighted by atomic mass is 19.3. The summed E-state index contributed by atoms with van der Waals surface area (Å²) in [5.74, 6) is -2.75. The summed E-state index contributed by atoms with van der Waals surface area (Å²) in [5.41, 5.74) is 6.32. The number of anilines is 1.